The maximum absolute atomic E-state index is 13.9. The third kappa shape index (κ3) is 7.72. The van der Waals surface area contributed by atoms with E-state index in [1.807, 2.05) is 6.92 Å². The van der Waals surface area contributed by atoms with E-state index in [4.69, 9.17) is 0 Å². The van der Waals surface area contributed by atoms with E-state index in [0.717, 1.165) is 55.7 Å². The number of fused-ring (bicyclic) bond motifs is 4. The first-order valence-electron chi connectivity index (χ1n) is 14.7. The van der Waals surface area contributed by atoms with Crippen LogP contribution in [-0.4, -0.2) is 38.2 Å². The zero-order valence-electron chi connectivity index (χ0n) is 24.6. The molecule has 1 saturated carbocycles. The molecular weight excluding hydrogens is 615 g/mol. The molecule has 2 bridgehead atoms. The molecule has 246 valence electrons. The number of benzene rings is 2. The van der Waals surface area contributed by atoms with E-state index in [9.17, 15) is 39.5 Å². The standard InChI is InChI=1S/C30H33F9N6/c1-3-26(44-14-18-4-5-19(15-44)7-6-18)25-9-8-22(28(31,32)33)12-21(25)17-45(27-40-42-43(2)41-27)16-20-10-23(29(34,35)36)13-24(11-20)30(37,38)39/h8-13,18-19,26H,3-7,14-17H2,1-2H3/t18-,19-,26?. The van der Waals surface area contributed by atoms with E-state index in [-0.39, 0.29) is 35.7 Å². The van der Waals surface area contributed by atoms with Gasteiger partial charge in [-0.05, 0) is 96.2 Å². The van der Waals surface area contributed by atoms with Crippen LogP contribution in [0.25, 0.3) is 0 Å². The van der Waals surface area contributed by atoms with E-state index >= 15 is 0 Å². The molecule has 6 rings (SSSR count). The summed E-state index contributed by atoms with van der Waals surface area (Å²) in [5.41, 5.74) is -3.45. The molecule has 0 spiro atoms. The van der Waals surface area contributed by atoms with E-state index in [1.54, 1.807) is 0 Å². The quantitative estimate of drug-likeness (QED) is 0.232. The second-order valence-corrected chi connectivity index (χ2v) is 12.0. The van der Waals surface area contributed by atoms with Crippen molar-refractivity contribution in [1.29, 1.82) is 0 Å². The fourth-order valence-corrected chi connectivity index (χ4v) is 6.64. The molecule has 3 heterocycles. The highest BCUT2D eigenvalue weighted by Crippen LogP contribution is 2.41. The second kappa shape index (κ2) is 12.4. The molecule has 2 aliphatic heterocycles. The van der Waals surface area contributed by atoms with Crippen LogP contribution in [0, 0.1) is 11.8 Å². The van der Waals surface area contributed by atoms with Crippen LogP contribution >= 0.6 is 0 Å². The van der Waals surface area contributed by atoms with Gasteiger partial charge in [-0.2, -0.15) is 44.3 Å². The number of rotatable bonds is 8. The van der Waals surface area contributed by atoms with Crippen LogP contribution in [-0.2, 0) is 38.7 Å². The lowest BCUT2D eigenvalue weighted by Gasteiger charge is -2.34. The van der Waals surface area contributed by atoms with Crippen LogP contribution in [0.15, 0.2) is 36.4 Å². The third-order valence-corrected chi connectivity index (χ3v) is 8.77. The van der Waals surface area contributed by atoms with Gasteiger partial charge in [-0.15, -0.1) is 5.10 Å². The van der Waals surface area contributed by atoms with Crippen molar-refractivity contribution in [2.45, 2.75) is 76.7 Å². The highest BCUT2D eigenvalue weighted by atomic mass is 19.4. The first kappa shape index (κ1) is 33.0. The number of halogens is 9. The van der Waals surface area contributed by atoms with E-state index < -0.39 is 41.8 Å². The lowest BCUT2D eigenvalue weighted by atomic mass is 9.84. The van der Waals surface area contributed by atoms with E-state index in [1.165, 1.54) is 18.0 Å². The van der Waals surface area contributed by atoms with Gasteiger partial charge in [0.15, 0.2) is 0 Å². The number of hydrogen-bond acceptors (Lipinski definition) is 5. The van der Waals surface area contributed by atoms with Crippen LogP contribution in [0.2, 0.25) is 0 Å². The van der Waals surface area contributed by atoms with E-state index in [2.05, 4.69) is 20.3 Å². The molecule has 1 unspecified atom stereocenters. The summed E-state index contributed by atoms with van der Waals surface area (Å²) in [4.78, 5) is 4.61. The van der Waals surface area contributed by atoms with Gasteiger partial charge in [0.2, 0.25) is 0 Å². The molecular formula is C30H33F9N6. The Morgan fingerprint density at radius 1 is 0.778 bits per heavy atom. The lowest BCUT2D eigenvalue weighted by Crippen LogP contribution is -2.34. The Labute approximate surface area is 254 Å². The van der Waals surface area contributed by atoms with Crippen molar-refractivity contribution in [2.75, 3.05) is 18.0 Å². The van der Waals surface area contributed by atoms with Gasteiger partial charge >= 0.3 is 18.5 Å². The number of aromatic nitrogens is 4. The predicted molar refractivity (Wildman–Crippen MR) is 147 cm³/mol. The maximum Gasteiger partial charge on any atom is 0.416 e. The lowest BCUT2D eigenvalue weighted by molar-refractivity contribution is -0.143. The minimum Gasteiger partial charge on any atom is -0.330 e. The monoisotopic (exact) mass is 648 g/mol. The second-order valence-electron chi connectivity index (χ2n) is 12.0. The van der Waals surface area contributed by atoms with Crippen molar-refractivity contribution in [3.8, 4) is 0 Å². The Morgan fingerprint density at radius 3 is 1.80 bits per heavy atom. The van der Waals surface area contributed by atoms with Gasteiger partial charge in [-0.1, -0.05) is 18.1 Å². The van der Waals surface area contributed by atoms with Gasteiger partial charge in [0.05, 0.1) is 23.7 Å². The Balaban J connectivity index is 1.58. The van der Waals surface area contributed by atoms with E-state index in [0.29, 0.717) is 36.0 Å². The van der Waals surface area contributed by atoms with Crippen molar-refractivity contribution in [1.82, 2.24) is 25.1 Å². The van der Waals surface area contributed by atoms with Crippen molar-refractivity contribution < 1.29 is 39.5 Å². The average molecular weight is 649 g/mol. The number of tetrazole rings is 1. The fourth-order valence-electron chi connectivity index (χ4n) is 6.64. The van der Waals surface area contributed by atoms with Crippen LogP contribution in [0.1, 0.15) is 78.5 Å². The number of nitrogens with zero attached hydrogens (tertiary/aromatic N) is 6. The Kier molecular flexibility index (Phi) is 9.13. The Hall–Kier alpha value is -3.36. The summed E-state index contributed by atoms with van der Waals surface area (Å²) in [6.45, 7) is 2.67. The van der Waals surface area contributed by atoms with Crippen molar-refractivity contribution in [3.05, 3.63) is 69.8 Å². The van der Waals surface area contributed by atoms with Gasteiger partial charge in [0.1, 0.15) is 0 Å². The van der Waals surface area contributed by atoms with Crippen LogP contribution in [0.3, 0.4) is 0 Å². The van der Waals surface area contributed by atoms with Crippen LogP contribution < -0.4 is 4.90 Å². The number of anilines is 1. The molecule has 3 fully saturated rings. The topological polar surface area (TPSA) is 50.1 Å². The summed E-state index contributed by atoms with van der Waals surface area (Å²) in [7, 11) is 1.41. The molecule has 0 N–H and O–H groups in total. The Morgan fingerprint density at radius 2 is 1.33 bits per heavy atom. The summed E-state index contributed by atoms with van der Waals surface area (Å²) >= 11 is 0. The first-order valence-corrected chi connectivity index (χ1v) is 14.7. The molecule has 45 heavy (non-hydrogen) atoms. The van der Waals surface area contributed by atoms with Crippen molar-refractivity contribution in [2.24, 2.45) is 18.9 Å². The summed E-state index contributed by atoms with van der Waals surface area (Å²) in [6.07, 6.45) is -9.84. The molecule has 0 radical (unpaired) electrons. The molecule has 1 atom stereocenters. The summed E-state index contributed by atoms with van der Waals surface area (Å²) in [5, 5.41) is 11.7. The van der Waals surface area contributed by atoms with Gasteiger partial charge in [-0.25, -0.2) is 0 Å². The fraction of sp³-hybridized carbons (Fsp3) is 0.567. The smallest absolute Gasteiger partial charge is 0.330 e. The highest BCUT2D eigenvalue weighted by molar-refractivity contribution is 5.42. The predicted octanol–water partition coefficient (Wildman–Crippen LogP) is 8.05. The SMILES string of the molecule is CCC(c1ccc(C(F)(F)F)cc1CN(Cc1cc(C(F)(F)F)cc(C(F)(F)F)c1)c1nnn(C)n1)N1C[C@H]2CC[C@@H](CC2)C1. The first-order chi connectivity index (χ1) is 21.0. The maximum atomic E-state index is 13.9. The highest BCUT2D eigenvalue weighted by Gasteiger charge is 2.38. The van der Waals surface area contributed by atoms with Crippen LogP contribution in [0.4, 0.5) is 45.5 Å². The minimum absolute atomic E-state index is 0.0273. The number of hydrogen-bond donors (Lipinski definition) is 0. The molecule has 2 aromatic carbocycles. The van der Waals surface area contributed by atoms with Crippen molar-refractivity contribution in [3.63, 3.8) is 0 Å². The largest absolute Gasteiger partial charge is 0.416 e. The molecule has 3 aliphatic rings. The van der Waals surface area contributed by atoms with Gasteiger partial charge in [-0.3, -0.25) is 4.90 Å². The van der Waals surface area contributed by atoms with Crippen molar-refractivity contribution >= 4 is 5.95 Å². The molecule has 0 amide bonds. The minimum atomic E-state index is -5.07. The average Bonchev–Trinajstić information content (AvgIpc) is 3.16. The normalized spacial score (nSPS) is 20.3. The summed E-state index contributed by atoms with van der Waals surface area (Å²) in [6, 6.07) is 4.42. The zero-order valence-corrected chi connectivity index (χ0v) is 24.6. The summed E-state index contributed by atoms with van der Waals surface area (Å²) < 4.78 is 124. The molecule has 15 heteroatoms. The number of alkyl halides is 9. The molecule has 1 aromatic heterocycles. The molecule has 2 saturated heterocycles. The molecule has 3 aromatic rings. The van der Waals surface area contributed by atoms with Gasteiger partial charge in [0, 0.05) is 32.2 Å². The molecule has 1 aliphatic carbocycles. The molecule has 6 nitrogen and oxygen atoms in total. The van der Waals surface area contributed by atoms with Crippen LogP contribution in [0.5, 0.6) is 0 Å². The third-order valence-electron chi connectivity index (χ3n) is 8.77. The Bertz CT molecular complexity index is 1430. The van der Waals surface area contributed by atoms with Gasteiger partial charge in [0.25, 0.3) is 5.95 Å². The van der Waals surface area contributed by atoms with Gasteiger partial charge < -0.3 is 4.90 Å². The zero-order chi connectivity index (χ0) is 32.7. The number of aryl methyl sites for hydroxylation is 1. The summed E-state index contributed by atoms with van der Waals surface area (Å²) in [5.74, 6) is 0.812.